The highest BCUT2D eigenvalue weighted by Crippen LogP contribution is 2.21. The number of aromatic nitrogens is 1. The average molecular weight is 359 g/mol. The number of hydrogen-bond donors (Lipinski definition) is 1. The molecule has 2 heterocycles. The second-order valence-electron chi connectivity index (χ2n) is 7.45. The van der Waals surface area contributed by atoms with E-state index in [4.69, 9.17) is 0 Å². The molecule has 1 aliphatic heterocycles. The summed E-state index contributed by atoms with van der Waals surface area (Å²) in [5, 5.41) is 5.71. The van der Waals surface area contributed by atoms with Crippen LogP contribution >= 0.6 is 0 Å². The van der Waals surface area contributed by atoms with E-state index >= 15 is 0 Å². The molecule has 1 aromatic heterocycles. The standard InChI is InChI=1S/C23H25N3O/c1-16-9-10-20(12-17(16)2)25-21-8-5-11-26(15-21)23(27)22-13-18-6-3-4-7-19(18)14-24-22/h3-4,6-7,9-10,12-14,21,25H,5,8,11,15H2,1-2H3/t21-/m0/s1. The van der Waals surface area contributed by atoms with Crippen LogP contribution in [0.25, 0.3) is 10.8 Å². The smallest absolute Gasteiger partial charge is 0.272 e. The van der Waals surface area contributed by atoms with E-state index in [1.807, 2.05) is 35.2 Å². The summed E-state index contributed by atoms with van der Waals surface area (Å²) in [5.74, 6) is 0.0207. The minimum absolute atomic E-state index is 0.0207. The minimum Gasteiger partial charge on any atom is -0.381 e. The molecule has 0 bridgehead atoms. The summed E-state index contributed by atoms with van der Waals surface area (Å²) in [4.78, 5) is 19.3. The molecule has 1 amide bonds. The largest absolute Gasteiger partial charge is 0.381 e. The van der Waals surface area contributed by atoms with Crippen molar-refractivity contribution in [1.82, 2.24) is 9.88 Å². The highest BCUT2D eigenvalue weighted by molar-refractivity contribution is 5.96. The Morgan fingerprint density at radius 1 is 1.07 bits per heavy atom. The first-order chi connectivity index (χ1) is 13.1. The molecule has 1 fully saturated rings. The molecule has 4 nitrogen and oxygen atoms in total. The molecule has 4 heteroatoms. The van der Waals surface area contributed by atoms with Gasteiger partial charge in [-0.25, -0.2) is 0 Å². The molecule has 0 aliphatic carbocycles. The molecule has 1 aliphatic rings. The molecule has 0 spiro atoms. The van der Waals surface area contributed by atoms with Crippen LogP contribution in [0.4, 0.5) is 5.69 Å². The number of hydrogen-bond acceptors (Lipinski definition) is 3. The van der Waals surface area contributed by atoms with Crippen molar-refractivity contribution in [1.29, 1.82) is 0 Å². The summed E-state index contributed by atoms with van der Waals surface area (Å²) >= 11 is 0. The number of pyridine rings is 1. The van der Waals surface area contributed by atoms with Crippen molar-refractivity contribution >= 4 is 22.4 Å². The number of fused-ring (bicyclic) bond motifs is 1. The van der Waals surface area contributed by atoms with Crippen molar-refractivity contribution in [2.45, 2.75) is 32.7 Å². The van der Waals surface area contributed by atoms with Gasteiger partial charge in [-0.1, -0.05) is 30.3 Å². The van der Waals surface area contributed by atoms with E-state index in [0.29, 0.717) is 12.2 Å². The second kappa shape index (κ2) is 7.39. The first-order valence-corrected chi connectivity index (χ1v) is 9.58. The monoisotopic (exact) mass is 359 g/mol. The summed E-state index contributed by atoms with van der Waals surface area (Å²) in [6, 6.07) is 16.6. The number of nitrogens with one attached hydrogen (secondary N) is 1. The van der Waals surface area contributed by atoms with Gasteiger partial charge in [0.05, 0.1) is 0 Å². The van der Waals surface area contributed by atoms with Crippen LogP contribution in [0.5, 0.6) is 0 Å². The molecule has 1 N–H and O–H groups in total. The van der Waals surface area contributed by atoms with Gasteiger partial charge in [-0.2, -0.15) is 0 Å². The van der Waals surface area contributed by atoms with Crippen LogP contribution in [0.15, 0.2) is 54.7 Å². The number of rotatable bonds is 3. The van der Waals surface area contributed by atoms with E-state index in [9.17, 15) is 4.79 Å². The second-order valence-corrected chi connectivity index (χ2v) is 7.45. The van der Waals surface area contributed by atoms with E-state index in [0.717, 1.165) is 35.8 Å². The maximum atomic E-state index is 13.0. The minimum atomic E-state index is 0.0207. The molecule has 27 heavy (non-hydrogen) atoms. The number of carbonyl (C=O) groups is 1. The van der Waals surface area contributed by atoms with Crippen LogP contribution in [0.3, 0.4) is 0 Å². The predicted molar refractivity (Wildman–Crippen MR) is 110 cm³/mol. The van der Waals surface area contributed by atoms with Gasteiger partial charge in [-0.05, 0) is 61.4 Å². The molecule has 138 valence electrons. The number of nitrogens with zero attached hydrogens (tertiary/aromatic N) is 2. The highest BCUT2D eigenvalue weighted by atomic mass is 16.2. The van der Waals surface area contributed by atoms with Crippen molar-refractivity contribution in [3.8, 4) is 0 Å². The predicted octanol–water partition coefficient (Wildman–Crippen LogP) is 4.57. The first-order valence-electron chi connectivity index (χ1n) is 9.58. The zero-order valence-corrected chi connectivity index (χ0v) is 15.9. The lowest BCUT2D eigenvalue weighted by molar-refractivity contribution is 0.0709. The number of carbonyl (C=O) groups excluding carboxylic acids is 1. The summed E-state index contributed by atoms with van der Waals surface area (Å²) in [5.41, 5.74) is 4.23. The third-order valence-electron chi connectivity index (χ3n) is 5.44. The molecule has 2 aromatic carbocycles. The first kappa shape index (κ1) is 17.5. The lowest BCUT2D eigenvalue weighted by atomic mass is 10.0. The molecular formula is C23H25N3O. The Hall–Kier alpha value is -2.88. The number of benzene rings is 2. The van der Waals surface area contributed by atoms with Crippen LogP contribution in [-0.4, -0.2) is 34.9 Å². The highest BCUT2D eigenvalue weighted by Gasteiger charge is 2.25. The Balaban J connectivity index is 1.48. The molecule has 0 radical (unpaired) electrons. The number of likely N-dealkylation sites (tertiary alicyclic amines) is 1. The molecule has 4 rings (SSSR count). The summed E-state index contributed by atoms with van der Waals surface area (Å²) < 4.78 is 0. The van der Waals surface area contributed by atoms with Gasteiger partial charge in [0, 0.05) is 36.4 Å². The van der Waals surface area contributed by atoms with Crippen molar-refractivity contribution in [2.24, 2.45) is 0 Å². The van der Waals surface area contributed by atoms with E-state index in [-0.39, 0.29) is 11.9 Å². The molecule has 1 atom stereocenters. The van der Waals surface area contributed by atoms with Crippen LogP contribution in [0.1, 0.15) is 34.5 Å². The third-order valence-corrected chi connectivity index (χ3v) is 5.44. The fraction of sp³-hybridized carbons (Fsp3) is 0.304. The molecule has 1 saturated heterocycles. The lowest BCUT2D eigenvalue weighted by Crippen LogP contribution is -2.45. The van der Waals surface area contributed by atoms with E-state index in [2.05, 4.69) is 42.3 Å². The van der Waals surface area contributed by atoms with Gasteiger partial charge in [-0.3, -0.25) is 9.78 Å². The van der Waals surface area contributed by atoms with Gasteiger partial charge in [0.25, 0.3) is 5.91 Å². The number of anilines is 1. The number of piperidine rings is 1. The van der Waals surface area contributed by atoms with Gasteiger partial charge >= 0.3 is 0 Å². The van der Waals surface area contributed by atoms with Crippen LogP contribution in [0.2, 0.25) is 0 Å². The zero-order valence-electron chi connectivity index (χ0n) is 15.9. The van der Waals surface area contributed by atoms with Crippen molar-refractivity contribution in [2.75, 3.05) is 18.4 Å². The van der Waals surface area contributed by atoms with E-state index in [1.165, 1.54) is 11.1 Å². The SMILES string of the molecule is Cc1ccc(N[C@H]2CCCN(C(=O)c3cc4ccccc4cn3)C2)cc1C. The quantitative estimate of drug-likeness (QED) is 0.745. The molecule has 0 saturated carbocycles. The Morgan fingerprint density at radius 3 is 2.70 bits per heavy atom. The van der Waals surface area contributed by atoms with Crippen molar-refractivity contribution in [3.05, 3.63) is 71.5 Å². The number of amides is 1. The third kappa shape index (κ3) is 3.80. The normalized spacial score (nSPS) is 17.1. The molecular weight excluding hydrogens is 334 g/mol. The van der Waals surface area contributed by atoms with Crippen molar-refractivity contribution < 1.29 is 4.79 Å². The maximum Gasteiger partial charge on any atom is 0.272 e. The van der Waals surface area contributed by atoms with Crippen LogP contribution in [0, 0.1) is 13.8 Å². The van der Waals surface area contributed by atoms with Crippen LogP contribution < -0.4 is 5.32 Å². The van der Waals surface area contributed by atoms with Crippen LogP contribution in [-0.2, 0) is 0 Å². The Labute approximate surface area is 160 Å². The Bertz CT molecular complexity index is 982. The van der Waals surface area contributed by atoms with Gasteiger partial charge in [0.2, 0.25) is 0 Å². The van der Waals surface area contributed by atoms with E-state index in [1.54, 1.807) is 6.20 Å². The fourth-order valence-corrected chi connectivity index (χ4v) is 3.71. The maximum absolute atomic E-state index is 13.0. The topological polar surface area (TPSA) is 45.2 Å². The van der Waals surface area contributed by atoms with Gasteiger partial charge in [0.15, 0.2) is 0 Å². The summed E-state index contributed by atoms with van der Waals surface area (Å²) in [7, 11) is 0. The molecule has 3 aromatic rings. The van der Waals surface area contributed by atoms with Crippen molar-refractivity contribution in [3.63, 3.8) is 0 Å². The summed E-state index contributed by atoms with van der Waals surface area (Å²) in [6.45, 7) is 5.75. The lowest BCUT2D eigenvalue weighted by Gasteiger charge is -2.33. The fourth-order valence-electron chi connectivity index (χ4n) is 3.71. The average Bonchev–Trinajstić information content (AvgIpc) is 2.70. The van der Waals surface area contributed by atoms with Gasteiger partial charge < -0.3 is 10.2 Å². The van der Waals surface area contributed by atoms with E-state index < -0.39 is 0 Å². The summed E-state index contributed by atoms with van der Waals surface area (Å²) in [6.07, 6.45) is 3.86. The Morgan fingerprint density at radius 2 is 1.89 bits per heavy atom. The van der Waals surface area contributed by atoms with Gasteiger partial charge in [-0.15, -0.1) is 0 Å². The zero-order chi connectivity index (χ0) is 18.8. The van der Waals surface area contributed by atoms with Gasteiger partial charge in [0.1, 0.15) is 5.69 Å². The Kier molecular flexibility index (Phi) is 4.80. The molecule has 0 unspecified atom stereocenters. The number of aryl methyl sites for hydroxylation is 2.